The zero-order chi connectivity index (χ0) is 20.2. The van der Waals surface area contributed by atoms with Crippen LogP contribution in [0.25, 0.3) is 16.7 Å². The van der Waals surface area contributed by atoms with Gasteiger partial charge in [-0.25, -0.2) is 4.98 Å². The van der Waals surface area contributed by atoms with Crippen LogP contribution < -0.4 is 10.6 Å². The minimum atomic E-state index is -0.334. The Balaban J connectivity index is 1.36. The van der Waals surface area contributed by atoms with Crippen molar-refractivity contribution in [3.05, 3.63) is 89.7 Å². The van der Waals surface area contributed by atoms with Gasteiger partial charge in [0.2, 0.25) is 5.91 Å². The molecule has 0 bridgehead atoms. The molecule has 4 aromatic rings. The van der Waals surface area contributed by atoms with Crippen molar-refractivity contribution in [3.8, 4) is 5.69 Å². The molecule has 2 N–H and O–H groups in total. The van der Waals surface area contributed by atoms with Crippen molar-refractivity contribution >= 4 is 40.1 Å². The van der Waals surface area contributed by atoms with Gasteiger partial charge in [-0.3, -0.25) is 14.2 Å². The zero-order valence-electron chi connectivity index (χ0n) is 15.3. The van der Waals surface area contributed by atoms with E-state index in [1.54, 1.807) is 30.6 Å². The molecule has 0 unspecified atom stereocenters. The summed E-state index contributed by atoms with van der Waals surface area (Å²) in [6.07, 6.45) is 1.77. The summed E-state index contributed by atoms with van der Waals surface area (Å²) >= 11 is 5.81. The quantitative estimate of drug-likeness (QED) is 0.527. The standard InChI is InChI=1S/C22H17ClN4O2/c23-16-7-5-15(6-8-16)22(29)24-13-21(28)26-17-9-11-18(12-10-17)27-14-25-19-3-1-2-4-20(19)27/h1-12,14H,13H2,(H,24,29)(H,26,28). The van der Waals surface area contributed by atoms with Crippen LogP contribution in [-0.2, 0) is 4.79 Å². The first kappa shape index (κ1) is 18.7. The Labute approximate surface area is 172 Å². The van der Waals surface area contributed by atoms with E-state index in [1.807, 2.05) is 53.1 Å². The predicted octanol–water partition coefficient (Wildman–Crippen LogP) is 4.05. The number of amides is 2. The first-order chi connectivity index (χ1) is 14.1. The SMILES string of the molecule is O=C(CNC(=O)c1ccc(Cl)cc1)Nc1ccc(-n2cnc3ccccc32)cc1. The molecule has 0 atom stereocenters. The monoisotopic (exact) mass is 404 g/mol. The van der Waals surface area contributed by atoms with Crippen LogP contribution in [0.1, 0.15) is 10.4 Å². The number of carbonyl (C=O) groups excluding carboxylic acids is 2. The van der Waals surface area contributed by atoms with E-state index in [9.17, 15) is 9.59 Å². The molecular weight excluding hydrogens is 388 g/mol. The average molecular weight is 405 g/mol. The van der Waals surface area contributed by atoms with E-state index in [-0.39, 0.29) is 18.4 Å². The summed E-state index contributed by atoms with van der Waals surface area (Å²) in [7, 11) is 0. The van der Waals surface area contributed by atoms with Crippen molar-refractivity contribution in [2.45, 2.75) is 0 Å². The van der Waals surface area contributed by atoms with Gasteiger partial charge in [0.25, 0.3) is 5.91 Å². The maximum Gasteiger partial charge on any atom is 0.251 e. The Morgan fingerprint density at radius 2 is 1.66 bits per heavy atom. The van der Waals surface area contributed by atoms with Crippen molar-refractivity contribution < 1.29 is 9.59 Å². The summed E-state index contributed by atoms with van der Waals surface area (Å²) in [6.45, 7) is -0.130. The van der Waals surface area contributed by atoms with Gasteiger partial charge >= 0.3 is 0 Å². The van der Waals surface area contributed by atoms with Crippen LogP contribution in [0.15, 0.2) is 79.1 Å². The first-order valence-electron chi connectivity index (χ1n) is 8.96. The van der Waals surface area contributed by atoms with E-state index < -0.39 is 0 Å². The van der Waals surface area contributed by atoms with Gasteiger partial charge in [0.05, 0.1) is 17.6 Å². The molecule has 1 heterocycles. The van der Waals surface area contributed by atoms with E-state index >= 15 is 0 Å². The van der Waals surface area contributed by atoms with Crippen molar-refractivity contribution in [1.82, 2.24) is 14.9 Å². The molecule has 0 saturated carbocycles. The number of aromatic nitrogens is 2. The number of imidazole rings is 1. The molecule has 29 heavy (non-hydrogen) atoms. The van der Waals surface area contributed by atoms with Crippen LogP contribution in [0, 0.1) is 0 Å². The van der Waals surface area contributed by atoms with Gasteiger partial charge in [-0.2, -0.15) is 0 Å². The summed E-state index contributed by atoms with van der Waals surface area (Å²) in [6, 6.07) is 21.8. The molecule has 0 radical (unpaired) electrons. The number of rotatable bonds is 5. The van der Waals surface area contributed by atoms with E-state index in [0.717, 1.165) is 16.7 Å². The maximum absolute atomic E-state index is 12.1. The Bertz CT molecular complexity index is 1170. The fraction of sp³-hybridized carbons (Fsp3) is 0.0455. The molecule has 4 rings (SSSR count). The number of carbonyl (C=O) groups is 2. The Morgan fingerprint density at radius 1 is 0.931 bits per heavy atom. The molecule has 0 aliphatic carbocycles. The molecule has 1 aromatic heterocycles. The Kier molecular flexibility index (Phi) is 5.27. The third kappa shape index (κ3) is 4.28. The molecular formula is C22H17ClN4O2. The third-order valence-electron chi connectivity index (χ3n) is 4.40. The first-order valence-corrected chi connectivity index (χ1v) is 9.34. The largest absolute Gasteiger partial charge is 0.343 e. The van der Waals surface area contributed by atoms with Crippen LogP contribution in [0.5, 0.6) is 0 Å². The fourth-order valence-electron chi connectivity index (χ4n) is 2.94. The maximum atomic E-state index is 12.1. The molecule has 144 valence electrons. The molecule has 0 fully saturated rings. The lowest BCUT2D eigenvalue weighted by Crippen LogP contribution is -2.32. The van der Waals surface area contributed by atoms with Crippen LogP contribution >= 0.6 is 11.6 Å². The topological polar surface area (TPSA) is 76.0 Å². The zero-order valence-corrected chi connectivity index (χ0v) is 16.1. The lowest BCUT2D eigenvalue weighted by molar-refractivity contribution is -0.115. The van der Waals surface area contributed by atoms with Crippen LogP contribution in [-0.4, -0.2) is 27.9 Å². The molecule has 7 heteroatoms. The minimum absolute atomic E-state index is 0.130. The van der Waals surface area contributed by atoms with Crippen LogP contribution in [0.3, 0.4) is 0 Å². The number of para-hydroxylation sites is 2. The fourth-order valence-corrected chi connectivity index (χ4v) is 3.07. The van der Waals surface area contributed by atoms with Gasteiger partial charge in [0, 0.05) is 22.0 Å². The number of hydrogen-bond acceptors (Lipinski definition) is 3. The predicted molar refractivity (Wildman–Crippen MR) is 113 cm³/mol. The van der Waals surface area contributed by atoms with E-state index in [4.69, 9.17) is 11.6 Å². The molecule has 0 aliphatic rings. The van der Waals surface area contributed by atoms with Gasteiger partial charge in [-0.1, -0.05) is 23.7 Å². The second kappa shape index (κ2) is 8.16. The van der Waals surface area contributed by atoms with E-state index in [1.165, 1.54) is 0 Å². The number of anilines is 1. The normalized spacial score (nSPS) is 10.7. The average Bonchev–Trinajstić information content (AvgIpc) is 3.17. The highest BCUT2D eigenvalue weighted by Crippen LogP contribution is 2.19. The summed E-state index contributed by atoms with van der Waals surface area (Å²) in [4.78, 5) is 28.6. The van der Waals surface area contributed by atoms with Crippen molar-refractivity contribution in [3.63, 3.8) is 0 Å². The molecule has 3 aromatic carbocycles. The highest BCUT2D eigenvalue weighted by molar-refractivity contribution is 6.30. The summed E-state index contributed by atoms with van der Waals surface area (Å²) in [5.41, 5.74) is 3.95. The van der Waals surface area contributed by atoms with Crippen LogP contribution in [0.2, 0.25) is 5.02 Å². The second-order valence-corrected chi connectivity index (χ2v) is 6.82. The lowest BCUT2D eigenvalue weighted by atomic mass is 10.2. The summed E-state index contributed by atoms with van der Waals surface area (Å²) < 4.78 is 1.98. The van der Waals surface area contributed by atoms with E-state index in [2.05, 4.69) is 15.6 Å². The van der Waals surface area contributed by atoms with Crippen molar-refractivity contribution in [2.24, 2.45) is 0 Å². The van der Waals surface area contributed by atoms with Crippen molar-refractivity contribution in [1.29, 1.82) is 0 Å². The van der Waals surface area contributed by atoms with Crippen LogP contribution in [0.4, 0.5) is 5.69 Å². The number of hydrogen-bond donors (Lipinski definition) is 2. The van der Waals surface area contributed by atoms with Gasteiger partial charge in [-0.15, -0.1) is 0 Å². The highest BCUT2D eigenvalue weighted by Gasteiger charge is 2.09. The number of halogens is 1. The molecule has 0 saturated heterocycles. The molecule has 0 spiro atoms. The molecule has 2 amide bonds. The lowest BCUT2D eigenvalue weighted by Gasteiger charge is -2.09. The Morgan fingerprint density at radius 3 is 2.41 bits per heavy atom. The number of nitrogens with one attached hydrogen (secondary N) is 2. The summed E-state index contributed by atoms with van der Waals surface area (Å²) in [5, 5.41) is 5.90. The Hall–Kier alpha value is -3.64. The third-order valence-corrected chi connectivity index (χ3v) is 4.65. The van der Waals surface area contributed by atoms with Gasteiger partial charge in [-0.05, 0) is 60.7 Å². The highest BCUT2D eigenvalue weighted by atomic mass is 35.5. The summed E-state index contributed by atoms with van der Waals surface area (Å²) in [5.74, 6) is -0.646. The van der Waals surface area contributed by atoms with Gasteiger partial charge in [0.15, 0.2) is 0 Å². The molecule has 0 aliphatic heterocycles. The van der Waals surface area contributed by atoms with Crippen molar-refractivity contribution in [2.75, 3.05) is 11.9 Å². The number of nitrogens with zero attached hydrogens (tertiary/aromatic N) is 2. The number of benzene rings is 3. The van der Waals surface area contributed by atoms with Gasteiger partial charge < -0.3 is 10.6 Å². The van der Waals surface area contributed by atoms with Gasteiger partial charge in [0.1, 0.15) is 6.33 Å². The second-order valence-electron chi connectivity index (χ2n) is 6.39. The molecule has 6 nitrogen and oxygen atoms in total. The minimum Gasteiger partial charge on any atom is -0.343 e. The number of fused-ring (bicyclic) bond motifs is 1. The smallest absolute Gasteiger partial charge is 0.251 e. The van der Waals surface area contributed by atoms with E-state index in [0.29, 0.717) is 16.3 Å².